The maximum Gasteiger partial charge on any atom is 0.141 e. The van der Waals surface area contributed by atoms with Crippen LogP contribution in [0.4, 0.5) is 4.39 Å². The summed E-state index contributed by atoms with van der Waals surface area (Å²) in [6.07, 6.45) is 1.83. The van der Waals surface area contributed by atoms with Crippen LogP contribution in [0.2, 0.25) is 5.02 Å². The van der Waals surface area contributed by atoms with Gasteiger partial charge < -0.3 is 10.4 Å². The molecule has 1 aliphatic heterocycles. The average Bonchev–Trinajstić information content (AvgIpc) is 2.69. The van der Waals surface area contributed by atoms with Crippen molar-refractivity contribution < 1.29 is 9.50 Å². The number of phenols is 1. The third-order valence-corrected chi connectivity index (χ3v) is 3.10. The summed E-state index contributed by atoms with van der Waals surface area (Å²) < 4.78 is 13.8. The standard InChI is InChI=1S/C11H13ClFNO/c1-6-5-7(12)11(15)9(10(6)13)8-3-2-4-14-8/h5,8,14-15H,2-4H2,1H3. The lowest BCUT2D eigenvalue weighted by Crippen LogP contribution is -2.15. The minimum atomic E-state index is -0.351. The Labute approximate surface area is 93.1 Å². The number of aryl methyl sites for hydroxylation is 1. The molecule has 15 heavy (non-hydrogen) atoms. The van der Waals surface area contributed by atoms with Crippen LogP contribution in [0.3, 0.4) is 0 Å². The number of halogens is 2. The summed E-state index contributed by atoms with van der Waals surface area (Å²) in [7, 11) is 0. The summed E-state index contributed by atoms with van der Waals surface area (Å²) in [6, 6.07) is 1.34. The van der Waals surface area contributed by atoms with E-state index in [1.807, 2.05) is 0 Å². The molecule has 0 radical (unpaired) electrons. The molecule has 1 aromatic carbocycles. The van der Waals surface area contributed by atoms with Gasteiger partial charge in [-0.3, -0.25) is 0 Å². The molecular weight excluding hydrogens is 217 g/mol. The van der Waals surface area contributed by atoms with Gasteiger partial charge in [-0.1, -0.05) is 11.6 Å². The predicted molar refractivity (Wildman–Crippen MR) is 57.8 cm³/mol. The second-order valence-electron chi connectivity index (χ2n) is 3.90. The number of phenolic OH excluding ortho intramolecular Hbond substituents is 1. The number of hydrogen-bond donors (Lipinski definition) is 2. The van der Waals surface area contributed by atoms with Gasteiger partial charge in [0.2, 0.25) is 0 Å². The molecule has 0 saturated carbocycles. The van der Waals surface area contributed by atoms with E-state index >= 15 is 0 Å². The zero-order chi connectivity index (χ0) is 11.0. The van der Waals surface area contributed by atoms with Gasteiger partial charge in [-0.15, -0.1) is 0 Å². The highest BCUT2D eigenvalue weighted by Crippen LogP contribution is 2.38. The van der Waals surface area contributed by atoms with Crippen molar-refractivity contribution in [3.63, 3.8) is 0 Å². The van der Waals surface area contributed by atoms with Crippen molar-refractivity contribution >= 4 is 11.6 Å². The number of nitrogens with one attached hydrogen (secondary N) is 1. The Morgan fingerprint density at radius 2 is 2.33 bits per heavy atom. The lowest BCUT2D eigenvalue weighted by Gasteiger charge is -2.16. The topological polar surface area (TPSA) is 32.3 Å². The maximum absolute atomic E-state index is 13.8. The zero-order valence-corrected chi connectivity index (χ0v) is 9.24. The maximum atomic E-state index is 13.8. The van der Waals surface area contributed by atoms with Crippen molar-refractivity contribution in [1.82, 2.24) is 5.32 Å². The normalized spacial score (nSPS) is 20.9. The largest absolute Gasteiger partial charge is 0.506 e. The molecule has 0 amide bonds. The third kappa shape index (κ3) is 1.82. The van der Waals surface area contributed by atoms with Crippen LogP contribution in [0, 0.1) is 12.7 Å². The van der Waals surface area contributed by atoms with Crippen LogP contribution in [0.15, 0.2) is 6.07 Å². The third-order valence-electron chi connectivity index (χ3n) is 2.82. The molecule has 2 N–H and O–H groups in total. The highest BCUT2D eigenvalue weighted by Gasteiger charge is 2.25. The summed E-state index contributed by atoms with van der Waals surface area (Å²) in [5.74, 6) is -0.476. The van der Waals surface area contributed by atoms with Crippen molar-refractivity contribution in [3.8, 4) is 5.75 Å². The second-order valence-corrected chi connectivity index (χ2v) is 4.31. The first-order valence-corrected chi connectivity index (χ1v) is 5.40. The smallest absolute Gasteiger partial charge is 0.141 e. The van der Waals surface area contributed by atoms with Gasteiger partial charge in [0.1, 0.15) is 11.6 Å². The van der Waals surface area contributed by atoms with Crippen molar-refractivity contribution in [2.75, 3.05) is 6.54 Å². The molecule has 82 valence electrons. The molecule has 4 heteroatoms. The van der Waals surface area contributed by atoms with E-state index in [-0.39, 0.29) is 22.6 Å². The number of hydrogen-bond acceptors (Lipinski definition) is 2. The van der Waals surface area contributed by atoms with Gasteiger partial charge in [0.15, 0.2) is 0 Å². The van der Waals surface area contributed by atoms with E-state index in [9.17, 15) is 9.50 Å². The molecule has 2 nitrogen and oxygen atoms in total. The molecule has 1 aliphatic rings. The molecule has 0 spiro atoms. The van der Waals surface area contributed by atoms with E-state index < -0.39 is 0 Å². The molecule has 1 aromatic rings. The summed E-state index contributed by atoms with van der Waals surface area (Å²) in [4.78, 5) is 0. The van der Waals surface area contributed by atoms with Crippen LogP contribution in [0.1, 0.15) is 30.0 Å². The van der Waals surface area contributed by atoms with Crippen molar-refractivity contribution in [3.05, 3.63) is 28.0 Å². The van der Waals surface area contributed by atoms with E-state index in [4.69, 9.17) is 11.6 Å². The van der Waals surface area contributed by atoms with Gasteiger partial charge in [-0.05, 0) is 37.9 Å². The highest BCUT2D eigenvalue weighted by molar-refractivity contribution is 6.32. The first kappa shape index (κ1) is 10.7. The molecule has 0 aromatic heterocycles. The number of aromatic hydroxyl groups is 1. The van der Waals surface area contributed by atoms with Gasteiger partial charge >= 0.3 is 0 Å². The van der Waals surface area contributed by atoms with Crippen LogP contribution in [-0.4, -0.2) is 11.7 Å². The quantitative estimate of drug-likeness (QED) is 0.776. The molecule has 1 fully saturated rings. The Balaban J connectivity index is 2.52. The molecule has 1 unspecified atom stereocenters. The van der Waals surface area contributed by atoms with Gasteiger partial charge in [0.05, 0.1) is 5.02 Å². The summed E-state index contributed by atoms with van der Waals surface area (Å²) in [5.41, 5.74) is 0.791. The molecular formula is C11H13ClFNO. The molecule has 1 saturated heterocycles. The van der Waals surface area contributed by atoms with E-state index in [1.54, 1.807) is 6.92 Å². The Morgan fingerprint density at radius 1 is 1.60 bits per heavy atom. The molecule has 1 heterocycles. The fourth-order valence-electron chi connectivity index (χ4n) is 2.02. The van der Waals surface area contributed by atoms with Crippen LogP contribution < -0.4 is 5.32 Å². The second kappa shape index (κ2) is 3.99. The molecule has 1 atom stereocenters. The van der Waals surface area contributed by atoms with E-state index in [0.29, 0.717) is 11.1 Å². The minimum Gasteiger partial charge on any atom is -0.506 e. The Bertz CT molecular complexity index is 362. The van der Waals surface area contributed by atoms with Crippen molar-refractivity contribution in [2.45, 2.75) is 25.8 Å². The van der Waals surface area contributed by atoms with Gasteiger partial charge in [0.25, 0.3) is 0 Å². The van der Waals surface area contributed by atoms with Gasteiger partial charge in [-0.2, -0.15) is 0 Å². The molecule has 0 aliphatic carbocycles. The van der Waals surface area contributed by atoms with Gasteiger partial charge in [0, 0.05) is 11.6 Å². The average molecular weight is 230 g/mol. The van der Waals surface area contributed by atoms with Crippen LogP contribution in [0.5, 0.6) is 5.75 Å². The van der Waals surface area contributed by atoms with Crippen molar-refractivity contribution in [1.29, 1.82) is 0 Å². The fraction of sp³-hybridized carbons (Fsp3) is 0.455. The predicted octanol–water partition coefficient (Wildman–Crippen LogP) is 2.92. The Kier molecular flexibility index (Phi) is 2.85. The lowest BCUT2D eigenvalue weighted by molar-refractivity contribution is 0.442. The first-order chi connectivity index (χ1) is 7.11. The van der Waals surface area contributed by atoms with Crippen LogP contribution in [-0.2, 0) is 0 Å². The Morgan fingerprint density at radius 3 is 2.93 bits per heavy atom. The molecule has 0 bridgehead atoms. The Hall–Kier alpha value is -0.800. The number of rotatable bonds is 1. The SMILES string of the molecule is Cc1cc(Cl)c(O)c(C2CCCN2)c1F. The summed E-state index contributed by atoms with van der Waals surface area (Å²) in [6.45, 7) is 2.51. The van der Waals surface area contributed by atoms with E-state index in [2.05, 4.69) is 5.32 Å². The summed E-state index contributed by atoms with van der Waals surface area (Å²) in [5, 5.41) is 13.1. The van der Waals surface area contributed by atoms with E-state index in [1.165, 1.54) is 6.07 Å². The monoisotopic (exact) mass is 229 g/mol. The molecule has 2 rings (SSSR count). The van der Waals surface area contributed by atoms with Crippen LogP contribution in [0.25, 0.3) is 0 Å². The minimum absolute atomic E-state index is 0.109. The highest BCUT2D eigenvalue weighted by atomic mass is 35.5. The number of benzene rings is 1. The van der Waals surface area contributed by atoms with Crippen molar-refractivity contribution in [2.24, 2.45) is 0 Å². The fourth-order valence-corrected chi connectivity index (χ4v) is 2.28. The van der Waals surface area contributed by atoms with Gasteiger partial charge in [-0.25, -0.2) is 4.39 Å². The zero-order valence-electron chi connectivity index (χ0n) is 8.48. The lowest BCUT2D eigenvalue weighted by atomic mass is 10.0. The van der Waals surface area contributed by atoms with E-state index in [0.717, 1.165) is 19.4 Å². The summed E-state index contributed by atoms with van der Waals surface area (Å²) >= 11 is 5.83. The van der Waals surface area contributed by atoms with Crippen LogP contribution >= 0.6 is 11.6 Å². The first-order valence-electron chi connectivity index (χ1n) is 5.02.